The fraction of sp³-hybridized carbons (Fsp3) is 0.526. The van der Waals surface area contributed by atoms with Crippen molar-refractivity contribution >= 4 is 29.2 Å². The molecule has 0 spiro atoms. The molecule has 0 bridgehead atoms. The van der Waals surface area contributed by atoms with E-state index in [1.807, 2.05) is 20.8 Å². The molecule has 1 fully saturated rings. The molecule has 1 aromatic carbocycles. The highest BCUT2D eigenvalue weighted by molar-refractivity contribution is 6.39. The summed E-state index contributed by atoms with van der Waals surface area (Å²) >= 11 is 0. The minimum absolute atomic E-state index is 0.0316. The zero-order valence-electron chi connectivity index (χ0n) is 16.9. The van der Waals surface area contributed by atoms with Crippen molar-refractivity contribution in [1.82, 2.24) is 15.5 Å². The average molecular weight is 405 g/mol. The van der Waals surface area contributed by atoms with Crippen LogP contribution in [0.3, 0.4) is 0 Å². The Bertz CT molecular complexity index is 781. The third-order valence-electron chi connectivity index (χ3n) is 4.49. The van der Waals surface area contributed by atoms with Crippen molar-refractivity contribution in [2.45, 2.75) is 39.2 Å². The lowest BCUT2D eigenvalue weighted by atomic mass is 9.97. The van der Waals surface area contributed by atoms with Crippen molar-refractivity contribution in [3.05, 3.63) is 34.4 Å². The molecule has 0 saturated carbocycles. The molecule has 4 amide bonds. The summed E-state index contributed by atoms with van der Waals surface area (Å²) < 4.78 is 0. The number of nitro benzene ring substituents is 1. The second-order valence-corrected chi connectivity index (χ2v) is 8.05. The lowest BCUT2D eigenvalue weighted by molar-refractivity contribution is -0.383. The monoisotopic (exact) mass is 405 g/mol. The summed E-state index contributed by atoms with van der Waals surface area (Å²) in [4.78, 5) is 48.3. The van der Waals surface area contributed by atoms with E-state index < -0.39 is 16.7 Å². The van der Waals surface area contributed by atoms with Gasteiger partial charge in [-0.1, -0.05) is 12.1 Å². The highest BCUT2D eigenvalue weighted by atomic mass is 16.6. The number of rotatable bonds is 4. The van der Waals surface area contributed by atoms with Gasteiger partial charge in [-0.2, -0.15) is 0 Å². The van der Waals surface area contributed by atoms with Crippen LogP contribution >= 0.6 is 0 Å². The molecule has 0 aromatic heterocycles. The number of amides is 4. The Morgan fingerprint density at radius 2 is 1.76 bits per heavy atom. The molecule has 1 heterocycles. The van der Waals surface area contributed by atoms with Gasteiger partial charge in [0, 0.05) is 31.2 Å². The van der Waals surface area contributed by atoms with Gasteiger partial charge in [0.25, 0.3) is 5.69 Å². The van der Waals surface area contributed by atoms with Gasteiger partial charge >= 0.3 is 17.8 Å². The standard InChI is InChI=1S/C19H27N5O5/c1-19(2,3)22-18(27)23-10-8-13(9-11-23)12-20-16(25)17(26)21-14-6-4-5-7-15(14)24(28)29/h4-7,13H,8-12H2,1-3H3,(H,20,25)(H,21,26)(H,22,27). The van der Waals surface area contributed by atoms with E-state index >= 15 is 0 Å². The summed E-state index contributed by atoms with van der Waals surface area (Å²) in [6, 6.07) is 5.51. The van der Waals surface area contributed by atoms with Crippen molar-refractivity contribution in [2.24, 2.45) is 5.92 Å². The molecule has 0 atom stereocenters. The quantitative estimate of drug-likeness (QED) is 0.399. The number of hydrogen-bond donors (Lipinski definition) is 3. The van der Waals surface area contributed by atoms with Crippen molar-refractivity contribution in [2.75, 3.05) is 25.0 Å². The van der Waals surface area contributed by atoms with E-state index in [-0.39, 0.29) is 28.9 Å². The Hall–Kier alpha value is -3.17. The first-order valence-electron chi connectivity index (χ1n) is 9.46. The van der Waals surface area contributed by atoms with Gasteiger partial charge in [0.15, 0.2) is 0 Å². The minimum Gasteiger partial charge on any atom is -0.348 e. The molecule has 10 heteroatoms. The van der Waals surface area contributed by atoms with Crippen molar-refractivity contribution in [1.29, 1.82) is 0 Å². The summed E-state index contributed by atoms with van der Waals surface area (Å²) in [6.07, 6.45) is 1.42. The number of hydrogen-bond acceptors (Lipinski definition) is 5. The first-order valence-corrected chi connectivity index (χ1v) is 9.46. The SMILES string of the molecule is CC(C)(C)NC(=O)N1CCC(CNC(=O)C(=O)Nc2ccccc2[N+](=O)[O-])CC1. The molecule has 0 unspecified atom stereocenters. The summed E-state index contributed by atoms with van der Waals surface area (Å²) in [6.45, 7) is 7.21. The zero-order chi connectivity index (χ0) is 21.6. The molecule has 29 heavy (non-hydrogen) atoms. The molecule has 0 aliphatic carbocycles. The van der Waals surface area contributed by atoms with Gasteiger partial charge in [-0.15, -0.1) is 0 Å². The number of likely N-dealkylation sites (tertiary alicyclic amines) is 1. The predicted octanol–water partition coefficient (Wildman–Crippen LogP) is 1.87. The lowest BCUT2D eigenvalue weighted by Gasteiger charge is -2.34. The highest BCUT2D eigenvalue weighted by Gasteiger charge is 2.26. The van der Waals surface area contributed by atoms with Gasteiger partial charge in [0.05, 0.1) is 4.92 Å². The second-order valence-electron chi connectivity index (χ2n) is 8.05. The van der Waals surface area contributed by atoms with Crippen LogP contribution < -0.4 is 16.0 Å². The highest BCUT2D eigenvalue weighted by Crippen LogP contribution is 2.23. The normalized spacial score (nSPS) is 14.8. The summed E-state index contributed by atoms with van der Waals surface area (Å²) in [5.41, 5.74) is -0.617. The predicted molar refractivity (Wildman–Crippen MR) is 107 cm³/mol. The topological polar surface area (TPSA) is 134 Å². The number of nitro groups is 1. The molecule has 10 nitrogen and oxygen atoms in total. The summed E-state index contributed by atoms with van der Waals surface area (Å²) in [5, 5.41) is 18.7. The smallest absolute Gasteiger partial charge is 0.317 e. The van der Waals surface area contributed by atoms with Gasteiger partial charge in [-0.05, 0) is 45.6 Å². The number of urea groups is 1. The molecule has 1 saturated heterocycles. The van der Waals surface area contributed by atoms with E-state index in [1.165, 1.54) is 24.3 Å². The number of piperidine rings is 1. The fourth-order valence-corrected chi connectivity index (χ4v) is 2.97. The van der Waals surface area contributed by atoms with Gasteiger partial charge in [-0.3, -0.25) is 19.7 Å². The van der Waals surface area contributed by atoms with Gasteiger partial charge in [0.1, 0.15) is 5.69 Å². The number of carbonyl (C=O) groups excluding carboxylic acids is 3. The molecule has 1 aliphatic rings. The number of benzene rings is 1. The van der Waals surface area contributed by atoms with Crippen LogP contribution in [0.4, 0.5) is 16.2 Å². The Balaban J connectivity index is 1.78. The maximum atomic E-state index is 12.2. The largest absolute Gasteiger partial charge is 0.348 e. The van der Waals surface area contributed by atoms with E-state index in [4.69, 9.17) is 0 Å². The van der Waals surface area contributed by atoms with E-state index in [9.17, 15) is 24.5 Å². The molecular formula is C19H27N5O5. The van der Waals surface area contributed by atoms with Crippen LogP contribution in [0.15, 0.2) is 24.3 Å². The average Bonchev–Trinajstić information content (AvgIpc) is 2.65. The third kappa shape index (κ3) is 6.74. The maximum absolute atomic E-state index is 12.2. The second kappa shape index (κ2) is 9.35. The zero-order valence-corrected chi connectivity index (χ0v) is 16.9. The van der Waals surface area contributed by atoms with Crippen molar-refractivity contribution < 1.29 is 19.3 Å². The molecule has 0 radical (unpaired) electrons. The molecule has 1 aromatic rings. The number of para-hydroxylation sites is 2. The molecule has 2 rings (SSSR count). The van der Waals surface area contributed by atoms with Crippen LogP contribution in [0.1, 0.15) is 33.6 Å². The number of nitrogens with zero attached hydrogens (tertiary/aromatic N) is 2. The van der Waals surface area contributed by atoms with E-state index in [0.717, 1.165) is 0 Å². The van der Waals surface area contributed by atoms with E-state index in [2.05, 4.69) is 16.0 Å². The van der Waals surface area contributed by atoms with Crippen LogP contribution in [-0.4, -0.2) is 52.8 Å². The van der Waals surface area contributed by atoms with Crippen LogP contribution in [-0.2, 0) is 9.59 Å². The number of nitrogens with one attached hydrogen (secondary N) is 3. The lowest BCUT2D eigenvalue weighted by Crippen LogP contribution is -2.51. The van der Waals surface area contributed by atoms with E-state index in [0.29, 0.717) is 32.5 Å². The Labute approximate surface area is 169 Å². The fourth-order valence-electron chi connectivity index (χ4n) is 2.97. The molecule has 158 valence electrons. The van der Waals surface area contributed by atoms with Crippen molar-refractivity contribution in [3.63, 3.8) is 0 Å². The van der Waals surface area contributed by atoms with Crippen molar-refractivity contribution in [3.8, 4) is 0 Å². The van der Waals surface area contributed by atoms with Crippen LogP contribution in [0.2, 0.25) is 0 Å². The van der Waals surface area contributed by atoms with E-state index in [1.54, 1.807) is 4.90 Å². The summed E-state index contributed by atoms with van der Waals surface area (Å²) in [7, 11) is 0. The Morgan fingerprint density at radius 3 is 2.34 bits per heavy atom. The van der Waals surface area contributed by atoms with Gasteiger partial charge < -0.3 is 20.9 Å². The van der Waals surface area contributed by atoms with Gasteiger partial charge in [0.2, 0.25) is 0 Å². The number of carbonyl (C=O) groups is 3. The van der Waals surface area contributed by atoms with Crippen LogP contribution in [0.5, 0.6) is 0 Å². The third-order valence-corrected chi connectivity index (χ3v) is 4.49. The van der Waals surface area contributed by atoms with Gasteiger partial charge in [-0.25, -0.2) is 4.79 Å². The van der Waals surface area contributed by atoms with Crippen LogP contribution in [0, 0.1) is 16.0 Å². The Morgan fingerprint density at radius 1 is 1.14 bits per heavy atom. The molecule has 3 N–H and O–H groups in total. The first kappa shape index (κ1) is 22.1. The summed E-state index contributed by atoms with van der Waals surface area (Å²) in [5.74, 6) is -1.66. The number of anilines is 1. The minimum atomic E-state index is -0.957. The molecule has 1 aliphatic heterocycles. The first-order chi connectivity index (χ1) is 13.6. The molecular weight excluding hydrogens is 378 g/mol. The maximum Gasteiger partial charge on any atom is 0.317 e. The Kier molecular flexibility index (Phi) is 7.13. The van der Waals surface area contributed by atoms with Crippen LogP contribution in [0.25, 0.3) is 0 Å².